The Bertz CT molecular complexity index is 1180. The molecule has 0 aliphatic carbocycles. The average molecular weight is 450 g/mol. The quantitative estimate of drug-likeness (QED) is 0.562. The van der Waals surface area contributed by atoms with Gasteiger partial charge >= 0.3 is 0 Å². The van der Waals surface area contributed by atoms with Crippen LogP contribution in [0.25, 0.3) is 0 Å². The van der Waals surface area contributed by atoms with Crippen molar-refractivity contribution in [2.24, 2.45) is 5.73 Å². The highest BCUT2D eigenvalue weighted by Crippen LogP contribution is 2.33. The maximum Gasteiger partial charge on any atom is 0.260 e. The number of primary amides is 1. The van der Waals surface area contributed by atoms with Gasteiger partial charge in [-0.05, 0) is 30.3 Å². The van der Waals surface area contributed by atoms with Gasteiger partial charge in [0.15, 0.2) is 11.9 Å². The van der Waals surface area contributed by atoms with E-state index in [-0.39, 0.29) is 30.3 Å². The van der Waals surface area contributed by atoms with Gasteiger partial charge in [0.1, 0.15) is 5.75 Å². The van der Waals surface area contributed by atoms with Crippen molar-refractivity contribution in [1.82, 2.24) is 0 Å². The number of nitrogens with one attached hydrogen (secondary N) is 1. The average Bonchev–Trinajstić information content (AvgIpc) is 2.80. The minimum atomic E-state index is -0.872. The number of fused-ring (bicyclic) bond motifs is 1. The maximum absolute atomic E-state index is 13.0. The van der Waals surface area contributed by atoms with Crippen molar-refractivity contribution < 1.29 is 19.1 Å². The smallest absolute Gasteiger partial charge is 0.260 e. The lowest BCUT2D eigenvalue weighted by molar-refractivity contribution is -0.125. The van der Waals surface area contributed by atoms with Crippen molar-refractivity contribution in [2.75, 3.05) is 23.3 Å². The van der Waals surface area contributed by atoms with E-state index in [1.54, 1.807) is 59.5 Å². The van der Waals surface area contributed by atoms with Crippen LogP contribution in [0, 0.1) is 0 Å². The summed E-state index contributed by atoms with van der Waals surface area (Å²) < 4.78 is 5.63. The Morgan fingerprint density at radius 3 is 2.50 bits per heavy atom. The molecule has 1 heterocycles. The Kier molecular flexibility index (Phi) is 6.09. The number of amides is 2. The number of nitrogens with two attached hydrogens (primary N) is 1. The first-order chi connectivity index (χ1) is 15.4. The molecule has 0 unspecified atom stereocenters. The molecule has 0 spiro atoms. The van der Waals surface area contributed by atoms with E-state index < -0.39 is 12.0 Å². The van der Waals surface area contributed by atoms with Gasteiger partial charge in [0, 0.05) is 16.1 Å². The fourth-order valence-electron chi connectivity index (χ4n) is 3.53. The number of benzene rings is 3. The number of ether oxygens (including phenoxy) is 1. The second-order valence-corrected chi connectivity index (χ2v) is 7.73. The molecule has 7 nitrogen and oxygen atoms in total. The number of carbonyl (C=O) groups is 3. The van der Waals surface area contributed by atoms with E-state index >= 15 is 0 Å². The van der Waals surface area contributed by atoms with E-state index in [9.17, 15) is 14.4 Å². The highest BCUT2D eigenvalue weighted by Gasteiger charge is 2.30. The van der Waals surface area contributed by atoms with Crippen LogP contribution in [0.2, 0.25) is 5.02 Å². The molecule has 1 aliphatic rings. The first-order valence-corrected chi connectivity index (χ1v) is 10.3. The van der Waals surface area contributed by atoms with Crippen LogP contribution in [-0.2, 0) is 9.59 Å². The van der Waals surface area contributed by atoms with Gasteiger partial charge in [0.05, 0.1) is 24.5 Å². The molecule has 2 amide bonds. The van der Waals surface area contributed by atoms with Crippen molar-refractivity contribution >= 4 is 40.6 Å². The summed E-state index contributed by atoms with van der Waals surface area (Å²) in [5, 5.41) is 3.18. The summed E-state index contributed by atoms with van der Waals surface area (Å²) in [6.45, 7) is 0.0714. The third-order valence-corrected chi connectivity index (χ3v) is 5.28. The number of para-hydroxylation sites is 2. The van der Waals surface area contributed by atoms with Crippen LogP contribution >= 0.6 is 11.6 Å². The lowest BCUT2D eigenvalue weighted by Gasteiger charge is -2.34. The van der Waals surface area contributed by atoms with Crippen molar-refractivity contribution in [3.8, 4) is 5.75 Å². The third-order valence-electron chi connectivity index (χ3n) is 5.05. The Morgan fingerprint density at radius 1 is 1.03 bits per heavy atom. The fourth-order valence-corrected chi connectivity index (χ4v) is 3.70. The van der Waals surface area contributed by atoms with E-state index in [1.807, 2.05) is 12.1 Å². The van der Waals surface area contributed by atoms with E-state index in [4.69, 9.17) is 22.1 Å². The zero-order valence-electron chi connectivity index (χ0n) is 17.0. The zero-order valence-corrected chi connectivity index (χ0v) is 17.7. The fraction of sp³-hybridized carbons (Fsp3) is 0.125. The molecule has 3 N–H and O–H groups in total. The number of hydrogen-bond acceptors (Lipinski definition) is 5. The summed E-state index contributed by atoms with van der Waals surface area (Å²) in [6.07, 6.45) is -0.872. The Labute approximate surface area is 189 Å². The highest BCUT2D eigenvalue weighted by molar-refractivity contribution is 6.31. The molecule has 3 aromatic carbocycles. The number of nitrogens with zero attached hydrogens (tertiary/aromatic N) is 1. The molecule has 0 saturated heterocycles. The van der Waals surface area contributed by atoms with Gasteiger partial charge in [-0.1, -0.05) is 54.1 Å². The van der Waals surface area contributed by atoms with Crippen LogP contribution in [0.15, 0.2) is 72.8 Å². The summed E-state index contributed by atoms with van der Waals surface area (Å²) in [4.78, 5) is 39.3. The molecule has 0 fully saturated rings. The molecular weight excluding hydrogens is 430 g/mol. The molecular formula is C24H20ClN3O4. The summed E-state index contributed by atoms with van der Waals surface area (Å²) >= 11 is 6.11. The van der Waals surface area contributed by atoms with Crippen molar-refractivity contribution in [3.63, 3.8) is 0 Å². The van der Waals surface area contributed by atoms with Crippen molar-refractivity contribution in [2.45, 2.75) is 6.10 Å². The first kappa shape index (κ1) is 21.4. The maximum atomic E-state index is 13.0. The molecule has 0 aromatic heterocycles. The molecule has 1 atom stereocenters. The predicted octanol–water partition coefficient (Wildman–Crippen LogP) is 3.26. The normalized spacial score (nSPS) is 14.8. The number of halogens is 1. The van der Waals surface area contributed by atoms with Gasteiger partial charge in [-0.3, -0.25) is 14.4 Å². The Morgan fingerprint density at radius 2 is 1.75 bits per heavy atom. The molecule has 0 saturated carbocycles. The lowest BCUT2D eigenvalue weighted by atomic mass is 10.0. The molecule has 32 heavy (non-hydrogen) atoms. The number of ketones is 1. The van der Waals surface area contributed by atoms with Gasteiger partial charge in [0.2, 0.25) is 5.91 Å². The number of rotatable bonds is 6. The molecule has 0 bridgehead atoms. The third kappa shape index (κ3) is 4.58. The summed E-state index contributed by atoms with van der Waals surface area (Å²) in [5.74, 6) is -0.761. The molecule has 8 heteroatoms. The number of anilines is 2. The van der Waals surface area contributed by atoms with Gasteiger partial charge in [-0.15, -0.1) is 0 Å². The molecule has 1 aliphatic heterocycles. The van der Waals surface area contributed by atoms with Gasteiger partial charge in [-0.25, -0.2) is 0 Å². The first-order valence-electron chi connectivity index (χ1n) is 9.91. The standard InChI is InChI=1S/C24H20ClN3O4/c25-16-10-11-18(17(12-16)23(30)15-6-2-1-3-7-15)27-22(29)14-28-13-21(24(26)31)32-20-9-5-4-8-19(20)28/h1-12,21H,13-14H2,(H2,26,31)(H,27,29)/t21-/m1/s1. The van der Waals surface area contributed by atoms with E-state index in [1.165, 1.54) is 6.07 Å². The minimum Gasteiger partial charge on any atom is -0.477 e. The minimum absolute atomic E-state index is 0.0637. The predicted molar refractivity (Wildman–Crippen MR) is 122 cm³/mol. The Hall–Kier alpha value is -3.84. The van der Waals surface area contributed by atoms with Crippen LogP contribution in [0.3, 0.4) is 0 Å². The van der Waals surface area contributed by atoms with E-state index in [0.717, 1.165) is 0 Å². The molecule has 4 rings (SSSR count). The second kappa shape index (κ2) is 9.11. The lowest BCUT2D eigenvalue weighted by Crippen LogP contribution is -2.49. The van der Waals surface area contributed by atoms with E-state index in [2.05, 4.69) is 5.32 Å². The van der Waals surface area contributed by atoms with Crippen LogP contribution in [0.1, 0.15) is 15.9 Å². The topological polar surface area (TPSA) is 102 Å². The molecule has 0 radical (unpaired) electrons. The van der Waals surface area contributed by atoms with Crippen LogP contribution in [0.4, 0.5) is 11.4 Å². The molecule has 3 aromatic rings. The monoisotopic (exact) mass is 449 g/mol. The summed E-state index contributed by atoms with van der Waals surface area (Å²) in [7, 11) is 0. The number of carbonyl (C=O) groups excluding carboxylic acids is 3. The Balaban J connectivity index is 1.56. The summed E-state index contributed by atoms with van der Waals surface area (Å²) in [6, 6.07) is 20.6. The second-order valence-electron chi connectivity index (χ2n) is 7.29. The van der Waals surface area contributed by atoms with Crippen molar-refractivity contribution in [3.05, 3.63) is 88.9 Å². The van der Waals surface area contributed by atoms with Gasteiger partial charge in [0.25, 0.3) is 5.91 Å². The number of hydrogen-bond donors (Lipinski definition) is 2. The zero-order chi connectivity index (χ0) is 22.7. The van der Waals surface area contributed by atoms with Crippen LogP contribution in [-0.4, -0.2) is 36.8 Å². The van der Waals surface area contributed by atoms with E-state index in [0.29, 0.717) is 27.7 Å². The SMILES string of the molecule is NC(=O)[C@H]1CN(CC(=O)Nc2ccc(Cl)cc2C(=O)c2ccccc2)c2ccccc2O1. The highest BCUT2D eigenvalue weighted by atomic mass is 35.5. The van der Waals surface area contributed by atoms with Gasteiger partial charge in [-0.2, -0.15) is 0 Å². The molecule has 162 valence electrons. The van der Waals surface area contributed by atoms with Crippen molar-refractivity contribution in [1.29, 1.82) is 0 Å². The summed E-state index contributed by atoms with van der Waals surface area (Å²) in [5.41, 5.74) is 7.22. The van der Waals surface area contributed by atoms with Gasteiger partial charge < -0.3 is 20.7 Å². The van der Waals surface area contributed by atoms with Crippen LogP contribution in [0.5, 0.6) is 5.75 Å². The largest absolute Gasteiger partial charge is 0.477 e. The van der Waals surface area contributed by atoms with Crippen LogP contribution < -0.4 is 20.7 Å².